The molecule has 0 aliphatic heterocycles. The molecule has 1 aromatic carbocycles. The molecule has 0 saturated carbocycles. The number of hydrogen-bond donors (Lipinski definition) is 1. The minimum Gasteiger partial charge on any atom is -0.383 e. The third kappa shape index (κ3) is 2.91. The summed E-state index contributed by atoms with van der Waals surface area (Å²) >= 11 is 12.1. The molecular formula is C13H15Cl2N3O. The van der Waals surface area contributed by atoms with Crippen LogP contribution in [0.25, 0.3) is 0 Å². The number of hydrogen-bond acceptors (Lipinski definition) is 3. The highest BCUT2D eigenvalue weighted by Gasteiger charge is 2.35. The minimum atomic E-state index is -1.13. The van der Waals surface area contributed by atoms with Gasteiger partial charge in [-0.05, 0) is 18.1 Å². The van der Waals surface area contributed by atoms with Crippen molar-refractivity contribution >= 4 is 23.2 Å². The van der Waals surface area contributed by atoms with Crippen molar-refractivity contribution in [3.05, 3.63) is 46.5 Å². The Hall–Kier alpha value is -1.10. The van der Waals surface area contributed by atoms with Crippen LogP contribution in [0.2, 0.25) is 10.0 Å². The normalized spacial score (nSPS) is 14.6. The lowest BCUT2D eigenvalue weighted by atomic mass is 9.83. The van der Waals surface area contributed by atoms with Gasteiger partial charge in [0.25, 0.3) is 0 Å². The van der Waals surface area contributed by atoms with Crippen LogP contribution in [0.15, 0.2) is 30.9 Å². The number of halogens is 2. The molecule has 0 radical (unpaired) electrons. The Balaban J connectivity index is 2.43. The summed E-state index contributed by atoms with van der Waals surface area (Å²) in [5.74, 6) is -0.0459. The van der Waals surface area contributed by atoms with Crippen LogP contribution in [0.3, 0.4) is 0 Å². The van der Waals surface area contributed by atoms with Crippen LogP contribution in [0, 0.1) is 5.92 Å². The Morgan fingerprint density at radius 1 is 1.37 bits per heavy atom. The molecule has 2 rings (SSSR count). The fourth-order valence-corrected chi connectivity index (χ4v) is 2.55. The number of benzene rings is 1. The highest BCUT2D eigenvalue weighted by Crippen LogP contribution is 2.36. The second kappa shape index (κ2) is 5.49. The molecule has 1 aromatic heterocycles. The summed E-state index contributed by atoms with van der Waals surface area (Å²) in [6.45, 7) is 4.15. The van der Waals surface area contributed by atoms with Crippen molar-refractivity contribution in [2.45, 2.75) is 26.0 Å². The van der Waals surface area contributed by atoms with Crippen LogP contribution in [0.5, 0.6) is 0 Å². The molecule has 102 valence electrons. The number of nitrogens with zero attached hydrogens (tertiary/aromatic N) is 3. The quantitative estimate of drug-likeness (QED) is 0.943. The maximum absolute atomic E-state index is 11.0. The molecule has 0 spiro atoms. The van der Waals surface area contributed by atoms with Gasteiger partial charge in [-0.25, -0.2) is 9.67 Å². The zero-order chi connectivity index (χ0) is 14.0. The van der Waals surface area contributed by atoms with Crippen LogP contribution in [-0.2, 0) is 12.1 Å². The van der Waals surface area contributed by atoms with E-state index in [1.54, 1.807) is 29.2 Å². The van der Waals surface area contributed by atoms with E-state index >= 15 is 0 Å². The first-order valence-electron chi connectivity index (χ1n) is 5.94. The zero-order valence-corrected chi connectivity index (χ0v) is 12.2. The summed E-state index contributed by atoms with van der Waals surface area (Å²) in [7, 11) is 0. The van der Waals surface area contributed by atoms with Gasteiger partial charge < -0.3 is 5.11 Å². The van der Waals surface area contributed by atoms with Gasteiger partial charge in [0.1, 0.15) is 18.3 Å². The fraction of sp³-hybridized carbons (Fsp3) is 0.385. The van der Waals surface area contributed by atoms with Gasteiger partial charge in [0, 0.05) is 15.6 Å². The molecule has 0 aliphatic rings. The largest absolute Gasteiger partial charge is 0.383 e. The van der Waals surface area contributed by atoms with E-state index < -0.39 is 5.60 Å². The van der Waals surface area contributed by atoms with E-state index in [4.69, 9.17) is 23.2 Å². The first-order chi connectivity index (χ1) is 8.93. The first kappa shape index (κ1) is 14.3. The van der Waals surface area contributed by atoms with Crippen molar-refractivity contribution < 1.29 is 5.11 Å². The molecule has 0 unspecified atom stereocenters. The second-order valence-electron chi connectivity index (χ2n) is 4.80. The van der Waals surface area contributed by atoms with Crippen molar-refractivity contribution in [3.8, 4) is 0 Å². The Morgan fingerprint density at radius 3 is 2.63 bits per heavy atom. The van der Waals surface area contributed by atoms with Crippen molar-refractivity contribution in [2.75, 3.05) is 0 Å². The average Bonchev–Trinajstić information content (AvgIpc) is 2.81. The molecule has 1 heterocycles. The summed E-state index contributed by atoms with van der Waals surface area (Å²) in [5.41, 5.74) is -0.487. The highest BCUT2D eigenvalue weighted by molar-refractivity contribution is 6.35. The van der Waals surface area contributed by atoms with Gasteiger partial charge in [-0.1, -0.05) is 43.1 Å². The smallest absolute Gasteiger partial charge is 0.137 e. The summed E-state index contributed by atoms with van der Waals surface area (Å²) in [5, 5.41) is 16.0. The van der Waals surface area contributed by atoms with Gasteiger partial charge >= 0.3 is 0 Å². The summed E-state index contributed by atoms with van der Waals surface area (Å²) in [4.78, 5) is 3.88. The predicted octanol–water partition coefficient (Wildman–Crippen LogP) is 3.13. The van der Waals surface area contributed by atoms with Gasteiger partial charge in [0.15, 0.2) is 0 Å². The van der Waals surface area contributed by atoms with E-state index in [9.17, 15) is 5.11 Å². The molecular weight excluding hydrogens is 285 g/mol. The second-order valence-corrected chi connectivity index (χ2v) is 5.64. The summed E-state index contributed by atoms with van der Waals surface area (Å²) in [6.07, 6.45) is 3.00. The molecule has 0 aliphatic carbocycles. The van der Waals surface area contributed by atoms with Gasteiger partial charge in [0.2, 0.25) is 0 Å². The van der Waals surface area contributed by atoms with Gasteiger partial charge in [0.05, 0.1) is 6.54 Å². The Labute approximate surface area is 122 Å². The van der Waals surface area contributed by atoms with Crippen molar-refractivity contribution in [1.82, 2.24) is 14.8 Å². The molecule has 0 fully saturated rings. The Kier molecular flexibility index (Phi) is 4.13. The maximum Gasteiger partial charge on any atom is 0.137 e. The third-order valence-electron chi connectivity index (χ3n) is 3.22. The predicted molar refractivity (Wildman–Crippen MR) is 75.2 cm³/mol. The molecule has 1 atom stereocenters. The van der Waals surface area contributed by atoms with Crippen LogP contribution in [0.4, 0.5) is 0 Å². The Morgan fingerprint density at radius 2 is 2.11 bits per heavy atom. The van der Waals surface area contributed by atoms with Gasteiger partial charge in [-0.15, -0.1) is 0 Å². The van der Waals surface area contributed by atoms with E-state index in [1.165, 1.54) is 6.33 Å². The first-order valence-corrected chi connectivity index (χ1v) is 6.69. The third-order valence-corrected chi connectivity index (χ3v) is 3.77. The number of rotatable bonds is 4. The highest BCUT2D eigenvalue weighted by atomic mass is 35.5. The molecule has 0 saturated heterocycles. The molecule has 6 heteroatoms. The zero-order valence-electron chi connectivity index (χ0n) is 10.7. The Bertz CT molecular complexity index is 557. The van der Waals surface area contributed by atoms with Crippen molar-refractivity contribution in [1.29, 1.82) is 0 Å². The number of aliphatic hydroxyl groups is 1. The lowest BCUT2D eigenvalue weighted by Gasteiger charge is -2.33. The molecule has 2 aromatic rings. The molecule has 1 N–H and O–H groups in total. The van der Waals surface area contributed by atoms with Crippen LogP contribution >= 0.6 is 23.2 Å². The minimum absolute atomic E-state index is 0.0459. The maximum atomic E-state index is 11.0. The van der Waals surface area contributed by atoms with Crippen molar-refractivity contribution in [3.63, 3.8) is 0 Å². The number of aromatic nitrogens is 3. The standard InChI is InChI=1S/C13H15Cl2N3O/c1-9(2)13(19,6-18-8-16-7-17-18)11-4-3-10(14)5-12(11)15/h3-5,7-9,19H,6H2,1-2H3/t13-/m0/s1. The van der Waals surface area contributed by atoms with E-state index in [0.717, 1.165) is 0 Å². The van der Waals surface area contributed by atoms with E-state index in [2.05, 4.69) is 10.1 Å². The summed E-state index contributed by atoms with van der Waals surface area (Å²) < 4.78 is 1.59. The van der Waals surface area contributed by atoms with Crippen LogP contribution in [0.1, 0.15) is 19.4 Å². The summed E-state index contributed by atoms with van der Waals surface area (Å²) in [6, 6.07) is 5.10. The lowest BCUT2D eigenvalue weighted by molar-refractivity contribution is -0.0294. The van der Waals surface area contributed by atoms with Crippen LogP contribution in [-0.4, -0.2) is 19.9 Å². The SMILES string of the molecule is CC(C)[C@@](O)(Cn1cncn1)c1ccc(Cl)cc1Cl. The molecule has 0 amide bonds. The van der Waals surface area contributed by atoms with E-state index in [1.807, 2.05) is 13.8 Å². The van der Waals surface area contributed by atoms with E-state index in [0.29, 0.717) is 15.6 Å². The van der Waals surface area contributed by atoms with Gasteiger partial charge in [-0.2, -0.15) is 5.10 Å². The molecule has 4 nitrogen and oxygen atoms in total. The molecule has 19 heavy (non-hydrogen) atoms. The monoisotopic (exact) mass is 299 g/mol. The average molecular weight is 300 g/mol. The fourth-order valence-electron chi connectivity index (χ4n) is 1.98. The van der Waals surface area contributed by atoms with Crippen LogP contribution < -0.4 is 0 Å². The van der Waals surface area contributed by atoms with Gasteiger partial charge in [-0.3, -0.25) is 0 Å². The van der Waals surface area contributed by atoms with Crippen molar-refractivity contribution in [2.24, 2.45) is 5.92 Å². The lowest BCUT2D eigenvalue weighted by Crippen LogP contribution is -2.37. The topological polar surface area (TPSA) is 50.9 Å². The van der Waals surface area contributed by atoms with E-state index in [-0.39, 0.29) is 12.5 Å². The molecule has 0 bridgehead atoms.